The predicted molar refractivity (Wildman–Crippen MR) is 78.6 cm³/mol. The summed E-state index contributed by atoms with van der Waals surface area (Å²) in [5.41, 5.74) is 2.54. The first-order valence-electron chi connectivity index (χ1n) is 6.43. The Hall–Kier alpha value is -2.95. The van der Waals surface area contributed by atoms with Crippen molar-refractivity contribution in [3.63, 3.8) is 0 Å². The van der Waals surface area contributed by atoms with Crippen molar-refractivity contribution in [2.75, 3.05) is 5.32 Å². The molecule has 0 aromatic heterocycles. The zero-order valence-corrected chi connectivity index (χ0v) is 11.0. The number of carboxylic acids is 1. The lowest BCUT2D eigenvalue weighted by Crippen LogP contribution is -2.32. The predicted octanol–water partition coefficient (Wildman–Crippen LogP) is 1.93. The van der Waals surface area contributed by atoms with E-state index in [0.29, 0.717) is 17.0 Å². The molecule has 1 aliphatic rings. The van der Waals surface area contributed by atoms with E-state index < -0.39 is 17.9 Å². The zero-order valence-electron chi connectivity index (χ0n) is 11.0. The molecule has 1 atom stereocenters. The molecular weight excluding hydrogens is 268 g/mol. The number of carboxylic acid groups (broad SMARTS) is 1. The molecule has 0 saturated carbocycles. The Labute approximate surface area is 121 Å². The molecule has 3 rings (SSSR count). The Morgan fingerprint density at radius 3 is 2.43 bits per heavy atom. The summed E-state index contributed by atoms with van der Waals surface area (Å²) in [7, 11) is 0. The van der Waals surface area contributed by atoms with E-state index in [1.807, 2.05) is 42.5 Å². The van der Waals surface area contributed by atoms with Crippen molar-refractivity contribution in [3.8, 4) is 0 Å². The van der Waals surface area contributed by atoms with Crippen LogP contribution in [0.3, 0.4) is 0 Å². The van der Waals surface area contributed by atoms with Gasteiger partial charge in [-0.3, -0.25) is 9.79 Å². The van der Waals surface area contributed by atoms with Gasteiger partial charge in [0.2, 0.25) is 6.04 Å². The van der Waals surface area contributed by atoms with Crippen LogP contribution in [0, 0.1) is 0 Å². The molecule has 1 heterocycles. The molecule has 2 N–H and O–H groups in total. The largest absolute Gasteiger partial charge is 0.479 e. The van der Waals surface area contributed by atoms with Crippen molar-refractivity contribution in [3.05, 3.63) is 65.7 Å². The summed E-state index contributed by atoms with van der Waals surface area (Å²) < 4.78 is 0. The molecule has 2 aromatic rings. The third kappa shape index (κ3) is 2.41. The molecule has 0 aliphatic carbocycles. The highest BCUT2D eigenvalue weighted by atomic mass is 16.4. The topological polar surface area (TPSA) is 78.8 Å². The first-order chi connectivity index (χ1) is 10.2. The highest BCUT2D eigenvalue weighted by molar-refractivity contribution is 6.22. The molecule has 0 bridgehead atoms. The van der Waals surface area contributed by atoms with E-state index in [1.165, 1.54) is 0 Å². The van der Waals surface area contributed by atoms with Crippen molar-refractivity contribution in [2.45, 2.75) is 6.04 Å². The minimum absolute atomic E-state index is 0.497. The van der Waals surface area contributed by atoms with Crippen LogP contribution in [0.5, 0.6) is 0 Å². The number of para-hydroxylation sites is 1. The Balaban J connectivity index is 2.23. The molecule has 1 unspecified atom stereocenters. The monoisotopic (exact) mass is 280 g/mol. The van der Waals surface area contributed by atoms with Gasteiger partial charge in [0.25, 0.3) is 5.91 Å². The number of hydrogen-bond acceptors (Lipinski definition) is 3. The summed E-state index contributed by atoms with van der Waals surface area (Å²) in [6, 6.07) is 14.9. The number of hydrogen-bond donors (Lipinski definition) is 2. The number of carbonyl (C=O) groups excluding carboxylic acids is 1. The van der Waals surface area contributed by atoms with Crippen molar-refractivity contribution >= 4 is 23.3 Å². The molecule has 21 heavy (non-hydrogen) atoms. The number of nitrogens with zero attached hydrogens (tertiary/aromatic N) is 1. The van der Waals surface area contributed by atoms with Gasteiger partial charge in [0.1, 0.15) is 0 Å². The van der Waals surface area contributed by atoms with Crippen molar-refractivity contribution in [1.82, 2.24) is 0 Å². The third-order valence-electron chi connectivity index (χ3n) is 3.23. The number of benzene rings is 2. The highest BCUT2D eigenvalue weighted by Crippen LogP contribution is 2.24. The fourth-order valence-electron chi connectivity index (χ4n) is 2.25. The van der Waals surface area contributed by atoms with Gasteiger partial charge in [0.15, 0.2) is 0 Å². The standard InChI is InChI=1S/C16H12N2O3/c19-15-14(16(20)21)18-13(10-6-2-1-3-7-10)11-8-4-5-9-12(11)17-15/h1-9,14H,(H,17,19)(H,20,21). The SMILES string of the molecule is O=C(O)C1N=C(c2ccccc2)c2ccccc2NC1=O. The van der Waals surface area contributed by atoms with E-state index in [1.54, 1.807) is 12.1 Å². The smallest absolute Gasteiger partial charge is 0.338 e. The van der Waals surface area contributed by atoms with Gasteiger partial charge in [-0.05, 0) is 6.07 Å². The molecule has 0 fully saturated rings. The summed E-state index contributed by atoms with van der Waals surface area (Å²) in [6.07, 6.45) is 0. The maximum atomic E-state index is 12.0. The molecule has 104 valence electrons. The second-order valence-electron chi connectivity index (χ2n) is 4.62. The number of rotatable bonds is 2. The van der Waals surface area contributed by atoms with Crippen LogP contribution in [0.2, 0.25) is 0 Å². The quantitative estimate of drug-likeness (QED) is 0.825. The van der Waals surface area contributed by atoms with Crippen molar-refractivity contribution in [1.29, 1.82) is 0 Å². The minimum Gasteiger partial charge on any atom is -0.479 e. The molecule has 0 radical (unpaired) electrons. The van der Waals surface area contributed by atoms with Gasteiger partial charge in [-0.2, -0.15) is 0 Å². The molecule has 0 saturated heterocycles. The molecule has 2 aromatic carbocycles. The van der Waals surface area contributed by atoms with Crippen LogP contribution in [0.1, 0.15) is 11.1 Å². The number of carbonyl (C=O) groups is 2. The first kappa shape index (κ1) is 13.1. The van der Waals surface area contributed by atoms with E-state index in [0.717, 1.165) is 5.56 Å². The van der Waals surface area contributed by atoms with Gasteiger partial charge in [-0.25, -0.2) is 4.79 Å². The fraction of sp³-hybridized carbons (Fsp3) is 0.0625. The number of fused-ring (bicyclic) bond motifs is 1. The second-order valence-corrected chi connectivity index (χ2v) is 4.62. The summed E-state index contributed by atoms with van der Waals surface area (Å²) in [5.74, 6) is -1.91. The number of aliphatic carboxylic acids is 1. The fourth-order valence-corrected chi connectivity index (χ4v) is 2.25. The molecule has 1 aliphatic heterocycles. The van der Waals surface area contributed by atoms with Gasteiger partial charge in [0, 0.05) is 11.1 Å². The van der Waals surface area contributed by atoms with Crippen LogP contribution in [-0.2, 0) is 9.59 Å². The third-order valence-corrected chi connectivity index (χ3v) is 3.23. The van der Waals surface area contributed by atoms with Crippen LogP contribution in [0.15, 0.2) is 59.6 Å². The summed E-state index contributed by atoms with van der Waals surface area (Å²) in [6.45, 7) is 0. The zero-order chi connectivity index (χ0) is 14.8. The molecule has 5 heteroatoms. The first-order valence-corrected chi connectivity index (χ1v) is 6.43. The lowest BCUT2D eigenvalue weighted by Gasteiger charge is -2.09. The van der Waals surface area contributed by atoms with Crippen molar-refractivity contribution in [2.24, 2.45) is 4.99 Å². The van der Waals surface area contributed by atoms with Gasteiger partial charge in [-0.15, -0.1) is 0 Å². The van der Waals surface area contributed by atoms with Gasteiger partial charge < -0.3 is 10.4 Å². The van der Waals surface area contributed by atoms with Gasteiger partial charge >= 0.3 is 5.97 Å². The van der Waals surface area contributed by atoms with E-state index in [-0.39, 0.29) is 0 Å². The Bertz CT molecular complexity index is 738. The van der Waals surface area contributed by atoms with E-state index in [9.17, 15) is 14.7 Å². The van der Waals surface area contributed by atoms with Gasteiger partial charge in [0.05, 0.1) is 11.4 Å². The Kier molecular flexibility index (Phi) is 3.23. The minimum atomic E-state index is -1.45. The molecule has 0 spiro atoms. The van der Waals surface area contributed by atoms with Crippen LogP contribution < -0.4 is 5.32 Å². The molecule has 5 nitrogen and oxygen atoms in total. The lowest BCUT2D eigenvalue weighted by atomic mass is 10.0. The molecule has 1 amide bonds. The number of nitrogens with one attached hydrogen (secondary N) is 1. The van der Waals surface area contributed by atoms with Crippen LogP contribution in [-0.4, -0.2) is 28.7 Å². The Morgan fingerprint density at radius 1 is 1.05 bits per heavy atom. The average Bonchev–Trinajstić information content (AvgIpc) is 2.64. The maximum Gasteiger partial charge on any atom is 0.338 e. The van der Waals surface area contributed by atoms with E-state index in [2.05, 4.69) is 10.3 Å². The van der Waals surface area contributed by atoms with Gasteiger partial charge in [-0.1, -0.05) is 48.5 Å². The maximum absolute atomic E-state index is 12.0. The Morgan fingerprint density at radius 2 is 1.71 bits per heavy atom. The number of aliphatic imine (C=N–C) groups is 1. The van der Waals surface area contributed by atoms with Crippen LogP contribution >= 0.6 is 0 Å². The summed E-state index contributed by atoms with van der Waals surface area (Å²) in [4.78, 5) is 27.4. The van der Waals surface area contributed by atoms with E-state index in [4.69, 9.17) is 0 Å². The highest BCUT2D eigenvalue weighted by Gasteiger charge is 2.30. The number of amides is 1. The van der Waals surface area contributed by atoms with Crippen LogP contribution in [0.4, 0.5) is 5.69 Å². The molecular formula is C16H12N2O3. The number of anilines is 1. The van der Waals surface area contributed by atoms with Crippen molar-refractivity contribution < 1.29 is 14.7 Å². The number of benzodiazepines with no additional fused rings is 1. The van der Waals surface area contributed by atoms with Crippen LogP contribution in [0.25, 0.3) is 0 Å². The van der Waals surface area contributed by atoms with E-state index >= 15 is 0 Å². The lowest BCUT2D eigenvalue weighted by molar-refractivity contribution is -0.141. The summed E-state index contributed by atoms with van der Waals surface area (Å²) in [5, 5.41) is 11.8. The second kappa shape index (κ2) is 5.20. The average molecular weight is 280 g/mol. The normalized spacial score (nSPS) is 17.2. The summed E-state index contributed by atoms with van der Waals surface area (Å²) >= 11 is 0.